The monoisotopic (exact) mass is 524 g/mol. The molecule has 2 saturated heterocycles. The minimum Gasteiger partial charge on any atom is -0.445 e. The van der Waals surface area contributed by atoms with E-state index < -0.39 is 11.7 Å². The van der Waals surface area contributed by atoms with Crippen molar-refractivity contribution in [1.82, 2.24) is 20.5 Å². The number of nitrogens with one attached hydrogen (secondary N) is 3. The van der Waals surface area contributed by atoms with Gasteiger partial charge in [0.2, 0.25) is 0 Å². The molecule has 3 N–H and O–H groups in total. The first-order valence-corrected chi connectivity index (χ1v) is 12.9. The third-order valence-electron chi connectivity index (χ3n) is 6.25. The van der Waals surface area contributed by atoms with Gasteiger partial charge in [-0.15, -0.1) is 0 Å². The number of alkyl carbamates (subject to hydrolysis) is 1. The topological polar surface area (TPSA) is 125 Å². The van der Waals surface area contributed by atoms with Crippen molar-refractivity contribution in [3.63, 3.8) is 0 Å². The van der Waals surface area contributed by atoms with E-state index in [1.807, 2.05) is 57.2 Å². The first-order chi connectivity index (χ1) is 18.1. The number of hydrogen-bond acceptors (Lipinski definition) is 7. The molecule has 1 aromatic carbocycles. The number of carbonyl (C=O) groups is 3. The summed E-state index contributed by atoms with van der Waals surface area (Å²) in [6.45, 7) is 8.03. The molecule has 204 valence electrons. The molecule has 0 radical (unpaired) electrons. The van der Waals surface area contributed by atoms with Gasteiger partial charge in [0.05, 0.1) is 6.04 Å². The Bertz CT molecular complexity index is 1110. The van der Waals surface area contributed by atoms with Crippen LogP contribution in [0.25, 0.3) is 0 Å². The summed E-state index contributed by atoms with van der Waals surface area (Å²) < 4.78 is 10.7. The Balaban J connectivity index is 1.16. The van der Waals surface area contributed by atoms with Crippen LogP contribution in [-0.4, -0.2) is 72.0 Å². The highest BCUT2D eigenvalue weighted by Gasteiger charge is 2.30. The molecular formula is C27H36N6O5. The zero-order valence-electron chi connectivity index (χ0n) is 22.1. The second-order valence-electron chi connectivity index (χ2n) is 10.5. The van der Waals surface area contributed by atoms with Crippen molar-refractivity contribution < 1.29 is 23.9 Å². The summed E-state index contributed by atoms with van der Waals surface area (Å²) in [6, 6.07) is 12.8. The molecule has 2 fully saturated rings. The quantitative estimate of drug-likeness (QED) is 0.526. The Morgan fingerprint density at radius 2 is 1.71 bits per heavy atom. The third-order valence-corrected chi connectivity index (χ3v) is 6.25. The minimum absolute atomic E-state index is 0.000731. The number of rotatable bonds is 6. The predicted octanol–water partition coefficient (Wildman–Crippen LogP) is 3.72. The van der Waals surface area contributed by atoms with Crippen molar-refractivity contribution in [2.75, 3.05) is 36.4 Å². The zero-order chi connectivity index (χ0) is 27.1. The van der Waals surface area contributed by atoms with Gasteiger partial charge >= 0.3 is 18.2 Å². The van der Waals surface area contributed by atoms with Gasteiger partial charge in [-0.1, -0.05) is 30.3 Å². The largest absolute Gasteiger partial charge is 0.445 e. The van der Waals surface area contributed by atoms with Gasteiger partial charge in [-0.25, -0.2) is 19.4 Å². The lowest BCUT2D eigenvalue weighted by Crippen LogP contribution is -2.60. The molecule has 3 heterocycles. The number of nitrogens with zero attached hydrogens (tertiary/aromatic N) is 3. The molecule has 0 bridgehead atoms. The number of carbonyl (C=O) groups excluding carboxylic acids is 3. The summed E-state index contributed by atoms with van der Waals surface area (Å²) in [6.07, 6.45) is 2.15. The average molecular weight is 525 g/mol. The fourth-order valence-electron chi connectivity index (χ4n) is 4.29. The second kappa shape index (κ2) is 12.0. The van der Waals surface area contributed by atoms with Crippen molar-refractivity contribution in [1.29, 1.82) is 0 Å². The molecule has 38 heavy (non-hydrogen) atoms. The Morgan fingerprint density at radius 1 is 1.00 bits per heavy atom. The molecule has 0 unspecified atom stereocenters. The SMILES string of the molecule is CC(C)(C)OC(=O)NC1CN(c2ccnc(NC(=O)NC3CCN(C(=O)OCc4ccccc4)CC3)c2)C1. The summed E-state index contributed by atoms with van der Waals surface area (Å²) in [7, 11) is 0. The average Bonchev–Trinajstić information content (AvgIpc) is 2.84. The molecular weight excluding hydrogens is 488 g/mol. The van der Waals surface area contributed by atoms with Crippen molar-refractivity contribution >= 4 is 29.7 Å². The first kappa shape index (κ1) is 27.0. The number of benzene rings is 1. The van der Waals surface area contributed by atoms with E-state index in [0.717, 1.165) is 11.3 Å². The molecule has 0 aliphatic carbocycles. The fraction of sp³-hybridized carbons (Fsp3) is 0.481. The second-order valence-corrected chi connectivity index (χ2v) is 10.5. The summed E-state index contributed by atoms with van der Waals surface area (Å²) >= 11 is 0. The molecule has 2 aromatic rings. The fourth-order valence-corrected chi connectivity index (χ4v) is 4.29. The Hall–Kier alpha value is -4.02. The number of ether oxygens (including phenoxy) is 2. The molecule has 0 saturated carbocycles. The van der Waals surface area contributed by atoms with Gasteiger partial charge in [0.1, 0.15) is 18.0 Å². The summed E-state index contributed by atoms with van der Waals surface area (Å²) in [5.74, 6) is 0.436. The first-order valence-electron chi connectivity index (χ1n) is 12.9. The third kappa shape index (κ3) is 7.99. The van der Waals surface area contributed by atoms with E-state index in [1.54, 1.807) is 17.2 Å². The normalized spacial score (nSPS) is 16.3. The lowest BCUT2D eigenvalue weighted by Gasteiger charge is -2.41. The predicted molar refractivity (Wildman–Crippen MR) is 143 cm³/mol. The van der Waals surface area contributed by atoms with Crippen LogP contribution in [0.3, 0.4) is 0 Å². The molecule has 11 nitrogen and oxygen atoms in total. The number of piperidine rings is 1. The van der Waals surface area contributed by atoms with Crippen LogP contribution < -0.4 is 20.9 Å². The molecule has 4 rings (SSSR count). The van der Waals surface area contributed by atoms with Gasteiger partial charge in [0, 0.05) is 50.2 Å². The number of likely N-dealkylation sites (tertiary alicyclic amines) is 1. The summed E-state index contributed by atoms with van der Waals surface area (Å²) in [5.41, 5.74) is 1.31. The Kier molecular flexibility index (Phi) is 8.55. The van der Waals surface area contributed by atoms with Crippen LogP contribution >= 0.6 is 0 Å². The van der Waals surface area contributed by atoms with Gasteiger partial charge in [-0.05, 0) is 45.2 Å². The van der Waals surface area contributed by atoms with Gasteiger partial charge in [0.25, 0.3) is 0 Å². The highest BCUT2D eigenvalue weighted by Crippen LogP contribution is 2.23. The van der Waals surface area contributed by atoms with E-state index in [9.17, 15) is 14.4 Å². The standard InChI is InChI=1S/C27H36N6O5/c1-27(2,3)38-25(35)30-21-16-33(17-21)22-9-12-28-23(15-22)31-24(34)29-20-10-13-32(14-11-20)26(36)37-18-19-7-5-4-6-8-19/h4-9,12,15,20-21H,10-11,13-14,16-18H2,1-3H3,(H,30,35)(H2,28,29,31,34). The van der Waals surface area contributed by atoms with Gasteiger partial charge in [0.15, 0.2) is 0 Å². The van der Waals surface area contributed by atoms with Crippen molar-refractivity contribution in [3.8, 4) is 0 Å². The molecule has 0 spiro atoms. The van der Waals surface area contributed by atoms with Gasteiger partial charge in [-0.2, -0.15) is 0 Å². The molecule has 4 amide bonds. The highest BCUT2D eigenvalue weighted by molar-refractivity contribution is 5.89. The van der Waals surface area contributed by atoms with E-state index >= 15 is 0 Å². The molecule has 2 aliphatic heterocycles. The van der Waals surface area contributed by atoms with Crippen LogP contribution in [0.15, 0.2) is 48.7 Å². The van der Waals surface area contributed by atoms with E-state index in [-0.39, 0.29) is 30.8 Å². The lowest BCUT2D eigenvalue weighted by molar-refractivity contribution is 0.0495. The van der Waals surface area contributed by atoms with E-state index in [2.05, 4.69) is 25.8 Å². The number of aromatic nitrogens is 1. The maximum absolute atomic E-state index is 12.6. The number of anilines is 2. The van der Waals surface area contributed by atoms with Crippen LogP contribution in [-0.2, 0) is 16.1 Å². The highest BCUT2D eigenvalue weighted by atomic mass is 16.6. The molecule has 1 aromatic heterocycles. The number of amides is 4. The van der Waals surface area contributed by atoms with Gasteiger partial charge in [-0.3, -0.25) is 5.32 Å². The van der Waals surface area contributed by atoms with Crippen LogP contribution in [0.5, 0.6) is 0 Å². The smallest absolute Gasteiger partial charge is 0.410 e. The van der Waals surface area contributed by atoms with Crippen molar-refractivity contribution in [2.24, 2.45) is 0 Å². The molecule has 11 heteroatoms. The van der Waals surface area contributed by atoms with Crippen LogP contribution in [0.4, 0.5) is 25.9 Å². The van der Waals surface area contributed by atoms with Crippen molar-refractivity contribution in [2.45, 2.75) is 57.9 Å². The van der Waals surface area contributed by atoms with E-state index in [0.29, 0.717) is 44.8 Å². The Morgan fingerprint density at radius 3 is 2.39 bits per heavy atom. The van der Waals surface area contributed by atoms with Crippen LogP contribution in [0, 0.1) is 0 Å². The van der Waals surface area contributed by atoms with E-state index in [1.165, 1.54) is 0 Å². The maximum Gasteiger partial charge on any atom is 0.410 e. The molecule has 2 aliphatic rings. The van der Waals surface area contributed by atoms with E-state index in [4.69, 9.17) is 9.47 Å². The number of pyridine rings is 1. The van der Waals surface area contributed by atoms with Crippen molar-refractivity contribution in [3.05, 3.63) is 54.2 Å². The zero-order valence-corrected chi connectivity index (χ0v) is 22.1. The van der Waals surface area contributed by atoms with Crippen LogP contribution in [0.1, 0.15) is 39.2 Å². The van der Waals surface area contributed by atoms with Crippen LogP contribution in [0.2, 0.25) is 0 Å². The summed E-state index contributed by atoms with van der Waals surface area (Å²) in [5, 5.41) is 8.62. The molecule has 0 atom stereocenters. The maximum atomic E-state index is 12.6. The van der Waals surface area contributed by atoms with Gasteiger partial charge < -0.3 is 29.9 Å². The Labute approximate surface area is 222 Å². The minimum atomic E-state index is -0.537. The summed E-state index contributed by atoms with van der Waals surface area (Å²) in [4.78, 5) is 44.8. The number of hydrogen-bond donors (Lipinski definition) is 3. The lowest BCUT2D eigenvalue weighted by atomic mass is 10.1. The number of urea groups is 1.